The molecule has 11 aromatic rings. The van der Waals surface area contributed by atoms with E-state index in [9.17, 15) is 0 Å². The fourth-order valence-electron chi connectivity index (χ4n) is 8.34. The first kappa shape index (κ1) is 29.6. The molecule has 4 aromatic heterocycles. The van der Waals surface area contributed by atoms with Gasteiger partial charge in [0.1, 0.15) is 16.0 Å². The summed E-state index contributed by atoms with van der Waals surface area (Å²) in [7, 11) is 0. The van der Waals surface area contributed by atoms with Crippen molar-refractivity contribution < 1.29 is 0 Å². The van der Waals surface area contributed by atoms with Crippen molar-refractivity contribution in [3.05, 3.63) is 157 Å². The van der Waals surface area contributed by atoms with Crippen LogP contribution in [0.3, 0.4) is 0 Å². The van der Waals surface area contributed by atoms with Gasteiger partial charge in [0.05, 0.1) is 15.7 Å². The highest BCUT2D eigenvalue weighted by atomic mass is 32.1. The van der Waals surface area contributed by atoms with Gasteiger partial charge < -0.3 is 0 Å². The molecule has 0 N–H and O–H groups in total. The Morgan fingerprint density at radius 1 is 0.596 bits per heavy atom. The number of para-hydroxylation sites is 1. The van der Waals surface area contributed by atoms with Crippen molar-refractivity contribution in [2.24, 2.45) is 0 Å². The van der Waals surface area contributed by atoms with E-state index < -0.39 is 0 Å². The van der Waals surface area contributed by atoms with Crippen LogP contribution in [-0.4, -0.2) is 14.5 Å². The maximum atomic E-state index is 5.69. The Hall–Kier alpha value is -6.14. The van der Waals surface area contributed by atoms with E-state index >= 15 is 0 Å². The molecule has 0 amide bonds. The lowest BCUT2D eigenvalue weighted by Gasteiger charge is -2.15. The Kier molecular flexibility index (Phi) is 6.36. The molecule has 0 atom stereocenters. The molecule has 0 aliphatic rings. The third-order valence-electron chi connectivity index (χ3n) is 10.5. The molecule has 0 saturated carbocycles. The molecule has 52 heavy (non-hydrogen) atoms. The van der Waals surface area contributed by atoms with Gasteiger partial charge in [-0.2, -0.15) is 0 Å². The fourth-order valence-corrected chi connectivity index (χ4v) is 10.6. The summed E-state index contributed by atoms with van der Waals surface area (Å²) < 4.78 is 4.86. The minimum Gasteiger partial charge on any atom is -0.290 e. The minimum absolute atomic E-state index is 0.842. The Bertz CT molecular complexity index is 3280. The Morgan fingerprint density at radius 3 is 2.10 bits per heavy atom. The van der Waals surface area contributed by atoms with E-state index in [2.05, 4.69) is 158 Å². The normalized spacial score (nSPS) is 12.0. The maximum absolute atomic E-state index is 5.69. The fraction of sp³-hybridized carbons (Fsp3) is 0.0213. The van der Waals surface area contributed by atoms with Gasteiger partial charge in [-0.3, -0.25) is 4.57 Å². The first-order chi connectivity index (χ1) is 25.7. The molecule has 244 valence electrons. The molecule has 0 bridgehead atoms. The van der Waals surface area contributed by atoms with Crippen LogP contribution in [0, 0.1) is 6.92 Å². The van der Waals surface area contributed by atoms with Gasteiger partial charge in [-0.15, -0.1) is 22.7 Å². The van der Waals surface area contributed by atoms with Crippen LogP contribution in [0.25, 0.3) is 108 Å². The highest BCUT2D eigenvalue weighted by molar-refractivity contribution is 7.25. The summed E-state index contributed by atoms with van der Waals surface area (Å²) in [6, 6.07) is 50.0. The smallest absolute Gasteiger partial charge is 0.165 e. The van der Waals surface area contributed by atoms with E-state index in [0.29, 0.717) is 0 Å². The number of benzene rings is 7. The number of thiophene rings is 2. The summed E-state index contributed by atoms with van der Waals surface area (Å²) in [5.41, 5.74) is 8.78. The van der Waals surface area contributed by atoms with Gasteiger partial charge in [0.25, 0.3) is 0 Å². The van der Waals surface area contributed by atoms with Gasteiger partial charge in [-0.1, -0.05) is 140 Å². The molecule has 4 heterocycles. The zero-order valence-electron chi connectivity index (χ0n) is 28.2. The van der Waals surface area contributed by atoms with Crippen molar-refractivity contribution in [1.82, 2.24) is 14.5 Å². The number of hydrogen-bond donors (Lipinski definition) is 0. The van der Waals surface area contributed by atoms with Crippen LogP contribution in [0.1, 0.15) is 10.4 Å². The summed E-state index contributed by atoms with van der Waals surface area (Å²) in [6.45, 7) is 6.46. The molecule has 5 heteroatoms. The quantitative estimate of drug-likeness (QED) is 0.183. The van der Waals surface area contributed by atoms with Crippen LogP contribution < -0.4 is 0 Å². The molecule has 0 unspecified atom stereocenters. The van der Waals surface area contributed by atoms with E-state index in [-0.39, 0.29) is 0 Å². The van der Waals surface area contributed by atoms with Crippen molar-refractivity contribution >= 4 is 103 Å². The van der Waals surface area contributed by atoms with Crippen LogP contribution >= 0.6 is 22.7 Å². The van der Waals surface area contributed by atoms with Crippen molar-refractivity contribution in [3.63, 3.8) is 0 Å². The summed E-state index contributed by atoms with van der Waals surface area (Å²) in [6.07, 6.45) is 1.97. The SMILES string of the molecule is C=Cc1ccccc1-c1c(C)sc2c1c1ccccc1c1c3ccccc3n(-c3nc4c(nc3-c3cccc5ccccc35)sc3ccccc34)c21. The second-order valence-electron chi connectivity index (χ2n) is 13.3. The number of rotatable bonds is 4. The largest absolute Gasteiger partial charge is 0.290 e. The van der Waals surface area contributed by atoms with Crippen molar-refractivity contribution in [1.29, 1.82) is 0 Å². The van der Waals surface area contributed by atoms with Crippen molar-refractivity contribution in [3.8, 4) is 28.2 Å². The number of aryl methyl sites for hydroxylation is 1. The lowest BCUT2D eigenvalue weighted by atomic mass is 9.93. The third kappa shape index (κ3) is 4.06. The summed E-state index contributed by atoms with van der Waals surface area (Å²) in [4.78, 5) is 13.5. The predicted octanol–water partition coefficient (Wildman–Crippen LogP) is 13.7. The molecule has 7 aromatic carbocycles. The lowest BCUT2D eigenvalue weighted by Crippen LogP contribution is -2.03. The van der Waals surface area contributed by atoms with E-state index in [1.54, 1.807) is 11.3 Å². The van der Waals surface area contributed by atoms with Gasteiger partial charge in [-0.25, -0.2) is 9.97 Å². The third-order valence-corrected chi connectivity index (χ3v) is 12.7. The second kappa shape index (κ2) is 11.2. The van der Waals surface area contributed by atoms with Gasteiger partial charge in [-0.05, 0) is 51.7 Å². The molecular formula is C47H29N3S2. The summed E-state index contributed by atoms with van der Waals surface area (Å²) in [5, 5.41) is 9.67. The topological polar surface area (TPSA) is 30.7 Å². The first-order valence-corrected chi connectivity index (χ1v) is 19.1. The Balaban J connectivity index is 1.39. The van der Waals surface area contributed by atoms with Crippen LogP contribution in [0.4, 0.5) is 0 Å². The molecule has 3 nitrogen and oxygen atoms in total. The highest BCUT2D eigenvalue weighted by Crippen LogP contribution is 2.51. The highest BCUT2D eigenvalue weighted by Gasteiger charge is 2.27. The Labute approximate surface area is 307 Å². The summed E-state index contributed by atoms with van der Waals surface area (Å²) in [5.74, 6) is 0.842. The van der Waals surface area contributed by atoms with Crippen LogP contribution in [0.5, 0.6) is 0 Å². The van der Waals surface area contributed by atoms with Crippen molar-refractivity contribution in [2.45, 2.75) is 6.92 Å². The van der Waals surface area contributed by atoms with E-state index in [4.69, 9.17) is 9.97 Å². The van der Waals surface area contributed by atoms with Crippen LogP contribution in [-0.2, 0) is 0 Å². The van der Waals surface area contributed by atoms with Crippen LogP contribution in [0.15, 0.2) is 146 Å². The zero-order chi connectivity index (χ0) is 34.5. The van der Waals surface area contributed by atoms with E-state index in [1.165, 1.54) is 63.2 Å². The van der Waals surface area contributed by atoms with Gasteiger partial charge in [0.2, 0.25) is 0 Å². The maximum Gasteiger partial charge on any atom is 0.165 e. The molecule has 0 saturated heterocycles. The molecule has 0 spiro atoms. The number of nitrogens with zero attached hydrogens (tertiary/aromatic N) is 3. The average Bonchev–Trinajstić information content (AvgIpc) is 3.86. The van der Waals surface area contributed by atoms with Gasteiger partial charge in [0, 0.05) is 42.2 Å². The molecule has 0 aliphatic heterocycles. The number of aromatic nitrogens is 3. The monoisotopic (exact) mass is 699 g/mol. The van der Waals surface area contributed by atoms with Crippen LogP contribution in [0.2, 0.25) is 0 Å². The second-order valence-corrected chi connectivity index (χ2v) is 15.6. The molecular weight excluding hydrogens is 671 g/mol. The number of hydrogen-bond acceptors (Lipinski definition) is 4. The molecule has 0 radical (unpaired) electrons. The zero-order valence-corrected chi connectivity index (χ0v) is 29.9. The molecule has 0 aliphatic carbocycles. The standard InChI is InChI=1S/C47H29N3S2/c1-3-28-15-4-7-19-31(28)39-27(2)51-45-41(39)33-21-9-8-20-32(33)40-35-22-10-12-25-37(35)50(44(40)45)46-42(34-24-14-17-29-16-5-6-18-30(29)34)49-47-43(48-46)36-23-11-13-26-38(36)52-47/h3-26H,1H2,2H3. The van der Waals surface area contributed by atoms with E-state index in [0.717, 1.165) is 49.3 Å². The van der Waals surface area contributed by atoms with Gasteiger partial charge in [0.15, 0.2) is 5.82 Å². The molecule has 11 rings (SSSR count). The number of fused-ring (bicyclic) bond motifs is 12. The average molecular weight is 700 g/mol. The lowest BCUT2D eigenvalue weighted by molar-refractivity contribution is 1.09. The summed E-state index contributed by atoms with van der Waals surface area (Å²) >= 11 is 3.58. The molecule has 0 fully saturated rings. The van der Waals surface area contributed by atoms with E-state index in [1.807, 2.05) is 17.4 Å². The predicted molar refractivity (Wildman–Crippen MR) is 225 cm³/mol. The van der Waals surface area contributed by atoms with Gasteiger partial charge >= 0.3 is 0 Å². The van der Waals surface area contributed by atoms with Crippen molar-refractivity contribution in [2.75, 3.05) is 0 Å². The first-order valence-electron chi connectivity index (χ1n) is 17.5. The Morgan fingerprint density at radius 2 is 1.25 bits per heavy atom. The minimum atomic E-state index is 0.842.